The van der Waals surface area contributed by atoms with E-state index in [0.29, 0.717) is 19.7 Å². The molecule has 0 bridgehead atoms. The maximum Gasteiger partial charge on any atom is 0.222 e. The Morgan fingerprint density at radius 1 is 1.27 bits per heavy atom. The average molecular weight is 308 g/mol. The lowest BCUT2D eigenvalue weighted by atomic mass is 9.87. The summed E-state index contributed by atoms with van der Waals surface area (Å²) in [5, 5.41) is 2.79. The molecule has 0 spiro atoms. The molecule has 3 N–H and O–H groups in total. The summed E-state index contributed by atoms with van der Waals surface area (Å²) in [4.78, 5) is 11.6. The molecule has 1 rings (SSSR count). The van der Waals surface area contributed by atoms with E-state index in [4.69, 9.17) is 15.2 Å². The molecule has 0 aliphatic heterocycles. The second-order valence-electron chi connectivity index (χ2n) is 6.27. The minimum atomic E-state index is -0.231. The second kappa shape index (κ2) is 8.76. The van der Waals surface area contributed by atoms with Crippen LogP contribution in [0.2, 0.25) is 0 Å². The average Bonchev–Trinajstić information content (AvgIpc) is 2.48. The second-order valence-corrected chi connectivity index (χ2v) is 6.27. The van der Waals surface area contributed by atoms with Gasteiger partial charge in [0, 0.05) is 13.7 Å². The number of hydrogen-bond donors (Lipinski definition) is 2. The Morgan fingerprint density at radius 3 is 2.41 bits per heavy atom. The lowest BCUT2D eigenvalue weighted by Crippen LogP contribution is -2.34. The highest BCUT2D eigenvalue weighted by Gasteiger charge is 2.13. The van der Waals surface area contributed by atoms with Crippen LogP contribution in [0.5, 0.6) is 5.75 Å². The number of carbonyl (C=O) groups excluding carboxylic acids is 1. The predicted molar refractivity (Wildman–Crippen MR) is 88.1 cm³/mol. The SMILES string of the molecule is COC(CN)CC(=O)NCCOc1ccc(C(C)(C)C)cc1. The number of hydrogen-bond acceptors (Lipinski definition) is 4. The molecule has 124 valence electrons. The van der Waals surface area contributed by atoms with Gasteiger partial charge in [-0.15, -0.1) is 0 Å². The number of carbonyl (C=O) groups is 1. The highest BCUT2D eigenvalue weighted by atomic mass is 16.5. The molecule has 0 aliphatic carbocycles. The van der Waals surface area contributed by atoms with Crippen LogP contribution in [0.15, 0.2) is 24.3 Å². The molecule has 0 aliphatic rings. The fraction of sp³-hybridized carbons (Fsp3) is 0.588. The number of ether oxygens (including phenoxy) is 2. The molecule has 0 radical (unpaired) electrons. The summed E-state index contributed by atoms with van der Waals surface area (Å²) in [6, 6.07) is 8.05. The van der Waals surface area contributed by atoms with Crippen molar-refractivity contribution in [3.05, 3.63) is 29.8 Å². The number of nitrogens with one attached hydrogen (secondary N) is 1. The molecule has 0 heterocycles. The third-order valence-corrected chi connectivity index (χ3v) is 3.42. The van der Waals surface area contributed by atoms with Gasteiger partial charge in [-0.1, -0.05) is 32.9 Å². The maximum absolute atomic E-state index is 11.6. The minimum absolute atomic E-state index is 0.0796. The zero-order valence-electron chi connectivity index (χ0n) is 14.0. The Kier molecular flexibility index (Phi) is 7.35. The molecular formula is C17H28N2O3. The number of methoxy groups -OCH3 is 1. The van der Waals surface area contributed by atoms with Gasteiger partial charge >= 0.3 is 0 Å². The number of rotatable bonds is 8. The number of benzene rings is 1. The molecule has 0 aromatic heterocycles. The van der Waals surface area contributed by atoms with Crippen LogP contribution < -0.4 is 15.8 Å². The molecule has 0 saturated carbocycles. The van der Waals surface area contributed by atoms with Crippen molar-refractivity contribution in [1.29, 1.82) is 0 Å². The van der Waals surface area contributed by atoms with Gasteiger partial charge in [0.25, 0.3) is 0 Å². The Morgan fingerprint density at radius 2 is 1.91 bits per heavy atom. The summed E-state index contributed by atoms with van der Waals surface area (Å²) < 4.78 is 10.7. The van der Waals surface area contributed by atoms with E-state index in [-0.39, 0.29) is 23.8 Å². The first kappa shape index (κ1) is 18.5. The molecule has 22 heavy (non-hydrogen) atoms. The Hall–Kier alpha value is -1.59. The van der Waals surface area contributed by atoms with Crippen LogP contribution in [0, 0.1) is 0 Å². The van der Waals surface area contributed by atoms with Gasteiger partial charge in [-0.05, 0) is 23.1 Å². The molecule has 0 saturated heterocycles. The third-order valence-electron chi connectivity index (χ3n) is 3.42. The van der Waals surface area contributed by atoms with E-state index in [0.717, 1.165) is 5.75 Å². The Bertz CT molecular complexity index is 448. The highest BCUT2D eigenvalue weighted by molar-refractivity contribution is 5.76. The minimum Gasteiger partial charge on any atom is -0.492 e. The molecule has 1 aromatic rings. The van der Waals surface area contributed by atoms with Gasteiger partial charge in [0.2, 0.25) is 5.91 Å². The van der Waals surface area contributed by atoms with Crippen LogP contribution >= 0.6 is 0 Å². The van der Waals surface area contributed by atoms with E-state index in [1.54, 1.807) is 7.11 Å². The van der Waals surface area contributed by atoms with Gasteiger partial charge in [0.1, 0.15) is 12.4 Å². The van der Waals surface area contributed by atoms with Gasteiger partial charge in [0.05, 0.1) is 19.1 Å². The van der Waals surface area contributed by atoms with Crippen molar-refractivity contribution >= 4 is 5.91 Å². The molecular weight excluding hydrogens is 280 g/mol. The van der Waals surface area contributed by atoms with Crippen molar-refractivity contribution in [2.24, 2.45) is 5.73 Å². The summed E-state index contributed by atoms with van der Waals surface area (Å²) in [7, 11) is 1.55. The van der Waals surface area contributed by atoms with E-state index in [9.17, 15) is 4.79 Å². The maximum atomic E-state index is 11.6. The largest absolute Gasteiger partial charge is 0.492 e. The van der Waals surface area contributed by atoms with Gasteiger partial charge in [0.15, 0.2) is 0 Å². The summed E-state index contributed by atoms with van der Waals surface area (Å²) in [6.45, 7) is 7.75. The highest BCUT2D eigenvalue weighted by Crippen LogP contribution is 2.24. The van der Waals surface area contributed by atoms with E-state index < -0.39 is 0 Å². The quantitative estimate of drug-likeness (QED) is 0.719. The third kappa shape index (κ3) is 6.45. The zero-order chi connectivity index (χ0) is 16.6. The van der Waals surface area contributed by atoms with Crippen LogP contribution in [0.4, 0.5) is 0 Å². The summed E-state index contributed by atoms with van der Waals surface area (Å²) in [5.41, 5.74) is 6.87. The summed E-state index contributed by atoms with van der Waals surface area (Å²) in [6.07, 6.45) is 0.0404. The summed E-state index contributed by atoms with van der Waals surface area (Å²) in [5.74, 6) is 0.725. The lowest BCUT2D eigenvalue weighted by molar-refractivity contribution is -0.123. The van der Waals surface area contributed by atoms with Crippen LogP contribution in [0.25, 0.3) is 0 Å². The van der Waals surface area contributed by atoms with Crippen molar-refractivity contribution in [1.82, 2.24) is 5.32 Å². The topological polar surface area (TPSA) is 73.6 Å². The van der Waals surface area contributed by atoms with Crippen molar-refractivity contribution < 1.29 is 14.3 Å². The van der Waals surface area contributed by atoms with Gasteiger partial charge in [-0.2, -0.15) is 0 Å². The van der Waals surface area contributed by atoms with Crippen molar-refractivity contribution in [2.45, 2.75) is 38.7 Å². The molecule has 1 aromatic carbocycles. The smallest absolute Gasteiger partial charge is 0.222 e. The van der Waals surface area contributed by atoms with Crippen molar-refractivity contribution in [3.8, 4) is 5.75 Å². The molecule has 5 heteroatoms. The standard InChI is InChI=1S/C17H28N2O3/c1-17(2,3)13-5-7-14(8-6-13)22-10-9-19-16(20)11-15(12-18)21-4/h5-8,15H,9-12,18H2,1-4H3,(H,19,20). The van der Waals surface area contributed by atoms with Crippen LogP contribution in [-0.4, -0.2) is 38.8 Å². The van der Waals surface area contributed by atoms with E-state index in [2.05, 4.69) is 38.2 Å². The van der Waals surface area contributed by atoms with Gasteiger partial charge in [-0.3, -0.25) is 4.79 Å². The Labute approximate surface area is 133 Å². The fourth-order valence-corrected chi connectivity index (χ4v) is 1.95. The fourth-order valence-electron chi connectivity index (χ4n) is 1.95. The Balaban J connectivity index is 2.29. The zero-order valence-corrected chi connectivity index (χ0v) is 14.0. The lowest BCUT2D eigenvalue weighted by Gasteiger charge is -2.19. The van der Waals surface area contributed by atoms with E-state index >= 15 is 0 Å². The van der Waals surface area contributed by atoms with Gasteiger partial charge < -0.3 is 20.5 Å². The molecule has 1 amide bonds. The summed E-state index contributed by atoms with van der Waals surface area (Å²) >= 11 is 0. The van der Waals surface area contributed by atoms with Crippen molar-refractivity contribution in [3.63, 3.8) is 0 Å². The molecule has 0 fully saturated rings. The molecule has 1 atom stereocenters. The van der Waals surface area contributed by atoms with E-state index in [1.165, 1.54) is 5.56 Å². The molecule has 5 nitrogen and oxygen atoms in total. The number of amides is 1. The normalized spacial score (nSPS) is 12.8. The number of nitrogens with two attached hydrogens (primary N) is 1. The first-order chi connectivity index (χ1) is 10.4. The molecule has 1 unspecified atom stereocenters. The van der Waals surface area contributed by atoms with Gasteiger partial charge in [-0.25, -0.2) is 0 Å². The first-order valence-electron chi connectivity index (χ1n) is 7.59. The monoisotopic (exact) mass is 308 g/mol. The van der Waals surface area contributed by atoms with Crippen LogP contribution in [0.3, 0.4) is 0 Å². The van der Waals surface area contributed by atoms with Crippen molar-refractivity contribution in [2.75, 3.05) is 26.8 Å². The predicted octanol–water partition coefficient (Wildman–Crippen LogP) is 1.84. The first-order valence-corrected chi connectivity index (χ1v) is 7.59. The van der Waals surface area contributed by atoms with Crippen LogP contribution in [0.1, 0.15) is 32.8 Å². The van der Waals surface area contributed by atoms with E-state index in [1.807, 2.05) is 12.1 Å². The van der Waals surface area contributed by atoms with Crippen LogP contribution in [-0.2, 0) is 14.9 Å².